The number of morpholine rings is 1. The summed E-state index contributed by atoms with van der Waals surface area (Å²) in [5.41, 5.74) is 3.12. The third kappa shape index (κ3) is 4.35. The van der Waals surface area contributed by atoms with Gasteiger partial charge in [-0.3, -0.25) is 4.79 Å². The molecule has 0 radical (unpaired) electrons. The highest BCUT2D eigenvalue weighted by molar-refractivity contribution is 7.98. The molecule has 1 saturated heterocycles. The first kappa shape index (κ1) is 17.8. The molecular weight excluding hydrogens is 332 g/mol. The van der Waals surface area contributed by atoms with Crippen molar-refractivity contribution in [3.05, 3.63) is 59.7 Å². The normalized spacial score (nSPS) is 14.4. The van der Waals surface area contributed by atoms with Crippen molar-refractivity contribution in [1.82, 2.24) is 4.90 Å². The van der Waals surface area contributed by atoms with E-state index in [4.69, 9.17) is 4.74 Å². The van der Waals surface area contributed by atoms with Crippen LogP contribution in [-0.4, -0.2) is 50.4 Å². The Hall–Kier alpha value is -1.98. The summed E-state index contributed by atoms with van der Waals surface area (Å²) in [6, 6.07) is 16.2. The molecule has 0 N–H and O–H groups in total. The highest BCUT2D eigenvalue weighted by Crippen LogP contribution is 2.22. The average Bonchev–Trinajstić information content (AvgIpc) is 2.68. The van der Waals surface area contributed by atoms with Crippen molar-refractivity contribution in [3.63, 3.8) is 0 Å². The maximum Gasteiger partial charge on any atom is 0.255 e. The Morgan fingerprint density at radius 3 is 2.48 bits per heavy atom. The van der Waals surface area contributed by atoms with E-state index in [-0.39, 0.29) is 5.91 Å². The average molecular weight is 356 g/mol. The summed E-state index contributed by atoms with van der Waals surface area (Å²) < 4.78 is 5.40. The quantitative estimate of drug-likeness (QED) is 0.768. The number of benzene rings is 2. The highest BCUT2D eigenvalue weighted by Gasteiger charge is 2.16. The molecular formula is C20H24N2O2S. The minimum atomic E-state index is 0.0576. The molecule has 0 aliphatic carbocycles. The molecule has 1 fully saturated rings. The molecule has 4 nitrogen and oxygen atoms in total. The molecule has 2 aromatic carbocycles. The van der Waals surface area contributed by atoms with Gasteiger partial charge in [0.05, 0.1) is 18.8 Å². The lowest BCUT2D eigenvalue weighted by atomic mass is 10.1. The summed E-state index contributed by atoms with van der Waals surface area (Å²) in [5, 5.41) is 0. The fourth-order valence-corrected chi connectivity index (χ4v) is 3.60. The van der Waals surface area contributed by atoms with E-state index in [9.17, 15) is 4.79 Å². The lowest BCUT2D eigenvalue weighted by Crippen LogP contribution is -2.36. The van der Waals surface area contributed by atoms with E-state index >= 15 is 0 Å². The summed E-state index contributed by atoms with van der Waals surface area (Å²) in [4.78, 5) is 17.9. The molecule has 0 atom stereocenters. The number of anilines is 1. The zero-order valence-corrected chi connectivity index (χ0v) is 15.6. The smallest absolute Gasteiger partial charge is 0.255 e. The Kier molecular flexibility index (Phi) is 6.00. The van der Waals surface area contributed by atoms with Gasteiger partial charge < -0.3 is 14.5 Å². The number of hydrogen-bond acceptors (Lipinski definition) is 4. The van der Waals surface area contributed by atoms with E-state index in [0.29, 0.717) is 6.54 Å². The molecule has 0 unspecified atom stereocenters. The number of rotatable bonds is 5. The summed E-state index contributed by atoms with van der Waals surface area (Å²) in [6.45, 7) is 4.04. The van der Waals surface area contributed by atoms with E-state index in [1.54, 1.807) is 16.7 Å². The van der Waals surface area contributed by atoms with Crippen molar-refractivity contribution in [2.75, 3.05) is 44.5 Å². The van der Waals surface area contributed by atoms with Crippen LogP contribution < -0.4 is 4.90 Å². The van der Waals surface area contributed by atoms with Gasteiger partial charge in [0.25, 0.3) is 5.91 Å². The molecule has 1 aliphatic heterocycles. The summed E-state index contributed by atoms with van der Waals surface area (Å²) in [6.07, 6.45) is 2.00. The summed E-state index contributed by atoms with van der Waals surface area (Å²) in [7, 11) is 1.86. The van der Waals surface area contributed by atoms with Crippen LogP contribution in [0.4, 0.5) is 5.69 Å². The van der Waals surface area contributed by atoms with Crippen LogP contribution in [0.2, 0.25) is 0 Å². The molecule has 5 heteroatoms. The Morgan fingerprint density at radius 2 is 1.80 bits per heavy atom. The van der Waals surface area contributed by atoms with Gasteiger partial charge in [-0.15, -0.1) is 11.8 Å². The molecule has 25 heavy (non-hydrogen) atoms. The molecule has 0 saturated carbocycles. The van der Waals surface area contributed by atoms with Crippen LogP contribution in [0, 0.1) is 0 Å². The van der Waals surface area contributed by atoms with Crippen molar-refractivity contribution in [2.24, 2.45) is 0 Å². The van der Waals surface area contributed by atoms with E-state index in [1.807, 2.05) is 37.6 Å². The molecule has 3 rings (SSSR count). The molecule has 132 valence electrons. The first-order valence-electron chi connectivity index (χ1n) is 8.49. The van der Waals surface area contributed by atoms with Crippen molar-refractivity contribution in [1.29, 1.82) is 0 Å². The van der Waals surface area contributed by atoms with Crippen molar-refractivity contribution >= 4 is 23.4 Å². The number of amides is 1. The minimum Gasteiger partial charge on any atom is -0.378 e. The zero-order chi connectivity index (χ0) is 17.6. The van der Waals surface area contributed by atoms with Gasteiger partial charge in [0.1, 0.15) is 0 Å². The van der Waals surface area contributed by atoms with Crippen LogP contribution in [0.25, 0.3) is 0 Å². The summed E-state index contributed by atoms with van der Waals surface area (Å²) in [5.74, 6) is 0.0576. The van der Waals surface area contributed by atoms with Crippen molar-refractivity contribution < 1.29 is 9.53 Å². The Labute approximate surface area is 153 Å². The van der Waals surface area contributed by atoms with Crippen LogP contribution in [0.15, 0.2) is 53.4 Å². The summed E-state index contributed by atoms with van der Waals surface area (Å²) >= 11 is 1.60. The second-order valence-electron chi connectivity index (χ2n) is 6.13. The SMILES string of the molecule is CSc1ccccc1C(=O)N(C)Cc1ccc(N2CCOCC2)cc1. The van der Waals surface area contributed by atoms with Gasteiger partial charge in [-0.2, -0.15) is 0 Å². The van der Waals surface area contributed by atoms with Gasteiger partial charge in [-0.1, -0.05) is 24.3 Å². The van der Waals surface area contributed by atoms with Gasteiger partial charge in [-0.25, -0.2) is 0 Å². The van der Waals surface area contributed by atoms with E-state index in [1.165, 1.54) is 5.69 Å². The lowest BCUT2D eigenvalue weighted by Gasteiger charge is -2.29. The lowest BCUT2D eigenvalue weighted by molar-refractivity contribution is 0.0781. The van der Waals surface area contributed by atoms with Gasteiger partial charge in [0.2, 0.25) is 0 Å². The third-order valence-corrected chi connectivity index (χ3v) is 5.21. The highest BCUT2D eigenvalue weighted by atomic mass is 32.2. The predicted octanol–water partition coefficient (Wildman–Crippen LogP) is 3.52. The minimum absolute atomic E-state index is 0.0576. The zero-order valence-electron chi connectivity index (χ0n) is 14.8. The second kappa shape index (κ2) is 8.41. The topological polar surface area (TPSA) is 32.8 Å². The van der Waals surface area contributed by atoms with Crippen molar-refractivity contribution in [2.45, 2.75) is 11.4 Å². The van der Waals surface area contributed by atoms with Crippen molar-refractivity contribution in [3.8, 4) is 0 Å². The van der Waals surface area contributed by atoms with Gasteiger partial charge in [0.15, 0.2) is 0 Å². The first-order chi connectivity index (χ1) is 12.2. The Morgan fingerprint density at radius 1 is 1.12 bits per heavy atom. The third-order valence-electron chi connectivity index (χ3n) is 4.42. The van der Waals surface area contributed by atoms with E-state index in [0.717, 1.165) is 42.3 Å². The molecule has 1 amide bonds. The van der Waals surface area contributed by atoms with E-state index in [2.05, 4.69) is 29.2 Å². The Bertz CT molecular complexity index is 712. The molecule has 1 heterocycles. The van der Waals surface area contributed by atoms with E-state index < -0.39 is 0 Å². The maximum absolute atomic E-state index is 12.7. The predicted molar refractivity (Wildman–Crippen MR) is 103 cm³/mol. The van der Waals surface area contributed by atoms with Crippen LogP contribution in [0.3, 0.4) is 0 Å². The molecule has 0 aromatic heterocycles. The maximum atomic E-state index is 12.7. The largest absolute Gasteiger partial charge is 0.378 e. The fourth-order valence-electron chi connectivity index (χ4n) is 3.01. The van der Waals surface area contributed by atoms with Gasteiger partial charge >= 0.3 is 0 Å². The number of carbonyl (C=O) groups is 1. The van der Waals surface area contributed by atoms with Crippen LogP contribution in [0.5, 0.6) is 0 Å². The second-order valence-corrected chi connectivity index (χ2v) is 6.98. The number of hydrogen-bond donors (Lipinski definition) is 0. The fraction of sp³-hybridized carbons (Fsp3) is 0.350. The van der Waals surface area contributed by atoms with Gasteiger partial charge in [0, 0.05) is 37.3 Å². The molecule has 1 aliphatic rings. The number of thioether (sulfide) groups is 1. The van der Waals surface area contributed by atoms with Crippen LogP contribution in [0.1, 0.15) is 15.9 Å². The Balaban J connectivity index is 1.66. The van der Waals surface area contributed by atoms with Crippen LogP contribution >= 0.6 is 11.8 Å². The number of carbonyl (C=O) groups excluding carboxylic acids is 1. The first-order valence-corrected chi connectivity index (χ1v) is 9.71. The number of ether oxygens (including phenoxy) is 1. The molecule has 0 bridgehead atoms. The molecule has 0 spiro atoms. The van der Waals surface area contributed by atoms with Crippen LogP contribution in [-0.2, 0) is 11.3 Å². The molecule has 2 aromatic rings. The monoisotopic (exact) mass is 356 g/mol. The standard InChI is InChI=1S/C20H24N2O2S/c1-21(20(23)18-5-3-4-6-19(18)25-2)15-16-7-9-17(10-8-16)22-11-13-24-14-12-22/h3-10H,11-15H2,1-2H3. The number of nitrogens with zero attached hydrogens (tertiary/aromatic N) is 2. The van der Waals surface area contributed by atoms with Gasteiger partial charge in [-0.05, 0) is 36.1 Å².